The number of unbranched alkanes of at least 4 members (excludes halogenated alkanes) is 4. The standard InChI is InChI=1S/C26H32N6S/c1-3-4-5-6-7-9-22(25-18-30-24(17-31-25)20(15-27)16-29-2)32-23-14-19(11-12-21(23)28)26-10-8-13-33-26/h8-18,32H,3-7,27-28H2,1-2H3. The summed E-state index contributed by atoms with van der Waals surface area (Å²) in [4.78, 5) is 14.4. The molecule has 2 heterocycles. The first-order valence-corrected chi connectivity index (χ1v) is 12.1. The molecule has 0 amide bonds. The number of benzene rings is 1. The summed E-state index contributed by atoms with van der Waals surface area (Å²) in [5, 5.41) is 5.59. The summed E-state index contributed by atoms with van der Waals surface area (Å²) in [7, 11) is 1.70. The van der Waals surface area contributed by atoms with Gasteiger partial charge < -0.3 is 16.8 Å². The second kappa shape index (κ2) is 12.6. The van der Waals surface area contributed by atoms with Gasteiger partial charge in [0.05, 0.1) is 35.2 Å². The molecule has 1 aromatic carbocycles. The number of nitrogens with two attached hydrogens (primary N) is 2. The Labute approximate surface area is 200 Å². The van der Waals surface area contributed by atoms with E-state index in [9.17, 15) is 0 Å². The zero-order valence-electron chi connectivity index (χ0n) is 19.3. The molecule has 0 spiro atoms. The zero-order valence-corrected chi connectivity index (χ0v) is 20.1. The minimum atomic E-state index is 0.674. The summed E-state index contributed by atoms with van der Waals surface area (Å²) in [6.07, 6.45) is 14.6. The van der Waals surface area contributed by atoms with Gasteiger partial charge in [0.15, 0.2) is 0 Å². The van der Waals surface area contributed by atoms with E-state index in [1.54, 1.807) is 37.0 Å². The molecule has 2 aromatic heterocycles. The molecule has 0 radical (unpaired) electrons. The van der Waals surface area contributed by atoms with Crippen LogP contribution in [0.5, 0.6) is 0 Å². The molecular weight excluding hydrogens is 428 g/mol. The summed E-state index contributed by atoms with van der Waals surface area (Å²) >= 11 is 1.71. The van der Waals surface area contributed by atoms with E-state index >= 15 is 0 Å². The van der Waals surface area contributed by atoms with Crippen LogP contribution in [0.3, 0.4) is 0 Å². The molecule has 0 fully saturated rings. The van der Waals surface area contributed by atoms with Crippen molar-refractivity contribution >= 4 is 40.2 Å². The van der Waals surface area contributed by atoms with Gasteiger partial charge in [-0.25, -0.2) is 0 Å². The van der Waals surface area contributed by atoms with Crippen LogP contribution in [0.15, 0.2) is 65.4 Å². The Kier molecular flexibility index (Phi) is 9.20. The van der Waals surface area contributed by atoms with E-state index in [0.717, 1.165) is 41.1 Å². The maximum absolute atomic E-state index is 6.32. The van der Waals surface area contributed by atoms with Crippen LogP contribution in [0.4, 0.5) is 11.4 Å². The lowest BCUT2D eigenvalue weighted by atomic mass is 10.1. The zero-order chi connectivity index (χ0) is 23.5. The van der Waals surface area contributed by atoms with Gasteiger partial charge in [0.1, 0.15) is 5.69 Å². The van der Waals surface area contributed by atoms with E-state index in [4.69, 9.17) is 11.5 Å². The highest BCUT2D eigenvalue weighted by atomic mass is 32.1. The van der Waals surface area contributed by atoms with Crippen LogP contribution < -0.4 is 16.8 Å². The largest absolute Gasteiger partial charge is 0.404 e. The minimum absolute atomic E-state index is 0.674. The van der Waals surface area contributed by atoms with Crippen molar-refractivity contribution in [2.75, 3.05) is 18.1 Å². The Balaban J connectivity index is 1.89. The summed E-state index contributed by atoms with van der Waals surface area (Å²) < 4.78 is 0. The van der Waals surface area contributed by atoms with Crippen molar-refractivity contribution in [3.8, 4) is 10.4 Å². The Hall–Kier alpha value is -3.45. The van der Waals surface area contributed by atoms with Crippen molar-refractivity contribution in [1.29, 1.82) is 0 Å². The number of aromatic nitrogens is 2. The first kappa shape index (κ1) is 24.2. The lowest BCUT2D eigenvalue weighted by molar-refractivity contribution is 0.674. The molecule has 0 saturated carbocycles. The maximum Gasteiger partial charge on any atom is 0.104 e. The Morgan fingerprint density at radius 2 is 1.94 bits per heavy atom. The van der Waals surface area contributed by atoms with Gasteiger partial charge in [-0.2, -0.15) is 0 Å². The average molecular weight is 461 g/mol. The Morgan fingerprint density at radius 1 is 1.12 bits per heavy atom. The van der Waals surface area contributed by atoms with Crippen LogP contribution >= 0.6 is 11.3 Å². The predicted octanol–water partition coefficient (Wildman–Crippen LogP) is 6.21. The van der Waals surface area contributed by atoms with Gasteiger partial charge in [-0.1, -0.05) is 44.4 Å². The Morgan fingerprint density at radius 3 is 2.61 bits per heavy atom. The second-order valence-corrected chi connectivity index (χ2v) is 8.62. The SMILES string of the molecule is CCCCCCC=C(Nc1cc(-c2cccs2)ccc1N)c1cnc(C(C=NC)=CN)cn1. The van der Waals surface area contributed by atoms with Crippen LogP contribution in [0.1, 0.15) is 50.4 Å². The highest BCUT2D eigenvalue weighted by Crippen LogP contribution is 2.32. The summed E-state index contributed by atoms with van der Waals surface area (Å²) in [6.45, 7) is 2.22. The summed E-state index contributed by atoms with van der Waals surface area (Å²) in [5.74, 6) is 0. The fourth-order valence-electron chi connectivity index (χ4n) is 3.39. The topological polar surface area (TPSA) is 102 Å². The molecule has 0 bridgehead atoms. The molecule has 3 rings (SSSR count). The third kappa shape index (κ3) is 6.76. The normalized spacial score (nSPS) is 12.4. The van der Waals surface area contributed by atoms with E-state index in [1.807, 2.05) is 12.1 Å². The van der Waals surface area contributed by atoms with Crippen molar-refractivity contribution in [2.45, 2.75) is 39.0 Å². The van der Waals surface area contributed by atoms with Crippen molar-refractivity contribution in [3.63, 3.8) is 0 Å². The molecule has 0 aliphatic carbocycles. The fourth-order valence-corrected chi connectivity index (χ4v) is 4.12. The van der Waals surface area contributed by atoms with Crippen molar-refractivity contribution < 1.29 is 0 Å². The highest BCUT2D eigenvalue weighted by Gasteiger charge is 2.10. The molecule has 5 N–H and O–H groups in total. The predicted molar refractivity (Wildman–Crippen MR) is 143 cm³/mol. The number of hydrogen-bond acceptors (Lipinski definition) is 7. The van der Waals surface area contributed by atoms with Crippen molar-refractivity contribution in [1.82, 2.24) is 9.97 Å². The number of rotatable bonds is 11. The van der Waals surface area contributed by atoms with Gasteiger partial charge >= 0.3 is 0 Å². The van der Waals surface area contributed by atoms with E-state index < -0.39 is 0 Å². The van der Waals surface area contributed by atoms with E-state index in [-0.39, 0.29) is 0 Å². The molecule has 3 aromatic rings. The van der Waals surface area contributed by atoms with Crippen LogP contribution in [0.25, 0.3) is 21.7 Å². The Bertz CT molecular complexity index is 1100. The number of aliphatic imine (C=N–C) groups is 1. The number of nitrogens with zero attached hydrogens (tertiary/aromatic N) is 3. The molecule has 172 valence electrons. The molecule has 6 nitrogen and oxygen atoms in total. The minimum Gasteiger partial charge on any atom is -0.404 e. The maximum atomic E-state index is 6.32. The molecule has 0 aliphatic rings. The van der Waals surface area contributed by atoms with Gasteiger partial charge in [0, 0.05) is 29.9 Å². The molecule has 0 aliphatic heterocycles. The molecule has 0 atom stereocenters. The first-order chi connectivity index (χ1) is 16.2. The first-order valence-electron chi connectivity index (χ1n) is 11.2. The van der Waals surface area contributed by atoms with Crippen molar-refractivity contribution in [3.05, 3.63) is 71.8 Å². The number of nitrogens with one attached hydrogen (secondary N) is 1. The van der Waals surface area contributed by atoms with Crippen LogP contribution in [-0.2, 0) is 0 Å². The lowest BCUT2D eigenvalue weighted by Gasteiger charge is -2.14. The van der Waals surface area contributed by atoms with Gasteiger partial charge in [-0.15, -0.1) is 11.3 Å². The van der Waals surface area contributed by atoms with Crippen LogP contribution in [0, 0.1) is 0 Å². The van der Waals surface area contributed by atoms with Gasteiger partial charge in [-0.3, -0.25) is 15.0 Å². The third-order valence-corrected chi connectivity index (χ3v) is 6.12. The van der Waals surface area contributed by atoms with E-state index in [2.05, 4.69) is 56.9 Å². The van der Waals surface area contributed by atoms with E-state index in [0.29, 0.717) is 11.4 Å². The summed E-state index contributed by atoms with van der Waals surface area (Å²) in [6, 6.07) is 10.2. The molecule has 0 saturated heterocycles. The molecule has 7 heteroatoms. The van der Waals surface area contributed by atoms with Gasteiger partial charge in [-0.05, 0) is 42.0 Å². The fraction of sp³-hybridized carbons (Fsp3) is 0.269. The number of thiophene rings is 1. The lowest BCUT2D eigenvalue weighted by Crippen LogP contribution is -2.06. The third-order valence-electron chi connectivity index (χ3n) is 5.21. The van der Waals surface area contributed by atoms with Gasteiger partial charge in [0.25, 0.3) is 0 Å². The molecular formula is C26H32N6S. The van der Waals surface area contributed by atoms with Crippen LogP contribution in [-0.4, -0.2) is 23.2 Å². The van der Waals surface area contributed by atoms with Crippen molar-refractivity contribution in [2.24, 2.45) is 10.7 Å². The van der Waals surface area contributed by atoms with Crippen LogP contribution in [0.2, 0.25) is 0 Å². The van der Waals surface area contributed by atoms with Gasteiger partial charge in [0.2, 0.25) is 0 Å². The summed E-state index contributed by atoms with van der Waals surface area (Å²) in [5.41, 5.74) is 17.7. The number of anilines is 2. The number of nitrogen functional groups attached to an aromatic ring is 1. The average Bonchev–Trinajstić information content (AvgIpc) is 3.38. The molecule has 33 heavy (non-hydrogen) atoms. The van der Waals surface area contributed by atoms with E-state index in [1.165, 1.54) is 30.3 Å². The molecule has 0 unspecified atom stereocenters. The number of hydrogen-bond donors (Lipinski definition) is 3. The quantitative estimate of drug-likeness (QED) is 0.179. The smallest absolute Gasteiger partial charge is 0.104 e. The monoisotopic (exact) mass is 460 g/mol. The number of allylic oxidation sites excluding steroid dienone is 2. The highest BCUT2D eigenvalue weighted by molar-refractivity contribution is 7.13. The second-order valence-electron chi connectivity index (χ2n) is 7.67.